The predicted octanol–water partition coefficient (Wildman–Crippen LogP) is 4.02. The number of fused-ring (bicyclic) bond motifs is 2. The molecule has 0 N–H and O–H groups in total. The molecule has 1 amide bonds. The highest BCUT2D eigenvalue weighted by Crippen LogP contribution is 2.37. The van der Waals surface area contributed by atoms with Gasteiger partial charge in [-0.25, -0.2) is 4.39 Å². The molecule has 2 aromatic heterocycles. The number of methoxy groups -OCH3 is 1. The van der Waals surface area contributed by atoms with Gasteiger partial charge in [-0.1, -0.05) is 47.9 Å². The molecule has 4 aromatic rings. The summed E-state index contributed by atoms with van der Waals surface area (Å²) in [5.74, 6) is 5.48. The molecule has 0 saturated carbocycles. The van der Waals surface area contributed by atoms with Crippen molar-refractivity contribution in [2.24, 2.45) is 0 Å². The van der Waals surface area contributed by atoms with Gasteiger partial charge < -0.3 is 19.3 Å². The summed E-state index contributed by atoms with van der Waals surface area (Å²) in [6, 6.07) is 11.1. The number of nitrogens with zero attached hydrogens (tertiary/aromatic N) is 6. The Labute approximate surface area is 248 Å². The molecule has 216 valence electrons. The number of hydrogen-bond donors (Lipinski definition) is 0. The maximum atomic E-state index is 16.2. The van der Waals surface area contributed by atoms with Crippen LogP contribution < -0.4 is 9.64 Å². The van der Waals surface area contributed by atoms with Gasteiger partial charge in [0.2, 0.25) is 0 Å². The fourth-order valence-electron chi connectivity index (χ4n) is 5.54. The number of ether oxygens (including phenoxy) is 2. The number of likely N-dealkylation sites (N-methyl/N-ethyl adjacent to an activating group) is 1. The molecule has 0 radical (unpaired) electrons. The molecule has 2 saturated heterocycles. The lowest BCUT2D eigenvalue weighted by atomic mass is 10.0. The van der Waals surface area contributed by atoms with Crippen LogP contribution in [0.1, 0.15) is 6.42 Å². The first kappa shape index (κ1) is 28.1. The van der Waals surface area contributed by atoms with E-state index in [-0.39, 0.29) is 29.2 Å². The van der Waals surface area contributed by atoms with E-state index in [1.165, 1.54) is 7.11 Å². The zero-order valence-corrected chi connectivity index (χ0v) is 24.2. The van der Waals surface area contributed by atoms with Crippen LogP contribution in [0.4, 0.5) is 10.2 Å². The molecule has 11 heteroatoms. The number of carbonyl (C=O) groups is 1. The zero-order valence-electron chi connectivity index (χ0n) is 23.4. The van der Waals surface area contributed by atoms with Crippen LogP contribution in [0.25, 0.3) is 32.9 Å². The molecule has 0 bridgehead atoms. The first-order valence-corrected chi connectivity index (χ1v) is 14.2. The van der Waals surface area contributed by atoms with Crippen LogP contribution in [0, 0.1) is 17.7 Å². The van der Waals surface area contributed by atoms with Gasteiger partial charge in [0.15, 0.2) is 5.82 Å². The van der Waals surface area contributed by atoms with Crippen LogP contribution in [0.15, 0.2) is 42.6 Å². The highest BCUT2D eigenvalue weighted by molar-refractivity contribution is 6.36. The van der Waals surface area contributed by atoms with E-state index < -0.39 is 5.82 Å². The Morgan fingerprint density at radius 3 is 2.76 bits per heavy atom. The maximum Gasteiger partial charge on any atom is 0.318 e. The molecule has 1 unspecified atom stereocenters. The minimum Gasteiger partial charge on any atom is -0.467 e. The van der Waals surface area contributed by atoms with Crippen LogP contribution in [0.2, 0.25) is 5.02 Å². The van der Waals surface area contributed by atoms with Gasteiger partial charge in [-0.05, 0) is 23.8 Å². The average molecular weight is 589 g/mol. The second-order valence-corrected chi connectivity index (χ2v) is 10.8. The normalized spacial score (nSPS) is 17.3. The number of morpholine rings is 1. The number of anilines is 1. The summed E-state index contributed by atoms with van der Waals surface area (Å²) >= 11 is 6.52. The molecule has 0 spiro atoms. The van der Waals surface area contributed by atoms with E-state index in [2.05, 4.69) is 31.7 Å². The van der Waals surface area contributed by atoms with Crippen molar-refractivity contribution in [3.05, 3.63) is 53.4 Å². The lowest BCUT2D eigenvalue weighted by molar-refractivity contribution is -0.124. The van der Waals surface area contributed by atoms with Gasteiger partial charge in [0.1, 0.15) is 17.0 Å². The minimum atomic E-state index is -0.589. The van der Waals surface area contributed by atoms with E-state index in [1.54, 1.807) is 23.2 Å². The largest absolute Gasteiger partial charge is 0.467 e. The van der Waals surface area contributed by atoms with Crippen molar-refractivity contribution in [1.29, 1.82) is 0 Å². The number of carbonyl (C=O) groups excluding carboxylic acids is 1. The number of benzene rings is 2. The van der Waals surface area contributed by atoms with Crippen molar-refractivity contribution in [2.45, 2.75) is 12.5 Å². The van der Waals surface area contributed by atoms with Gasteiger partial charge in [0.05, 0.1) is 32.3 Å². The summed E-state index contributed by atoms with van der Waals surface area (Å²) in [6.07, 6.45) is 2.30. The van der Waals surface area contributed by atoms with Gasteiger partial charge in [-0.2, -0.15) is 9.97 Å². The van der Waals surface area contributed by atoms with Crippen molar-refractivity contribution in [3.8, 4) is 29.1 Å². The predicted molar refractivity (Wildman–Crippen MR) is 160 cm³/mol. The Hall–Kier alpha value is -4.04. The molecular formula is C31H30ClFN6O3. The smallest absolute Gasteiger partial charge is 0.318 e. The van der Waals surface area contributed by atoms with E-state index in [4.69, 9.17) is 21.1 Å². The number of pyridine rings is 1. The average Bonchev–Trinajstić information content (AvgIpc) is 3.52. The molecule has 2 aromatic carbocycles. The SMILES string of the molecule is COc1nc(N(C)C2CCN(C(=O)C#CCN3CCOCC3)C2)c2cnc(-c3cccc4cccc(Cl)c34)c(F)c2n1. The number of rotatable bonds is 5. The van der Waals surface area contributed by atoms with E-state index in [1.807, 2.05) is 36.2 Å². The molecule has 0 aliphatic carbocycles. The van der Waals surface area contributed by atoms with Crippen LogP contribution in [0.5, 0.6) is 6.01 Å². The van der Waals surface area contributed by atoms with Gasteiger partial charge in [0.25, 0.3) is 5.91 Å². The highest BCUT2D eigenvalue weighted by atomic mass is 35.5. The molecule has 2 aliphatic heterocycles. The Morgan fingerprint density at radius 2 is 1.98 bits per heavy atom. The Morgan fingerprint density at radius 1 is 1.19 bits per heavy atom. The molecule has 4 heterocycles. The van der Waals surface area contributed by atoms with Crippen molar-refractivity contribution in [1.82, 2.24) is 24.8 Å². The summed E-state index contributed by atoms with van der Waals surface area (Å²) in [4.78, 5) is 32.1. The van der Waals surface area contributed by atoms with Gasteiger partial charge in [0, 0.05) is 61.4 Å². The van der Waals surface area contributed by atoms with E-state index in [0.717, 1.165) is 23.9 Å². The van der Waals surface area contributed by atoms with E-state index in [9.17, 15) is 4.79 Å². The molecule has 2 fully saturated rings. The number of hydrogen-bond acceptors (Lipinski definition) is 8. The fourth-order valence-corrected chi connectivity index (χ4v) is 5.83. The van der Waals surface area contributed by atoms with Crippen molar-refractivity contribution < 1.29 is 18.7 Å². The third kappa shape index (κ3) is 5.43. The lowest BCUT2D eigenvalue weighted by Crippen LogP contribution is -2.37. The van der Waals surface area contributed by atoms with Gasteiger partial charge in [-0.15, -0.1) is 0 Å². The summed E-state index contributed by atoms with van der Waals surface area (Å²) in [5.41, 5.74) is 0.811. The van der Waals surface area contributed by atoms with Crippen molar-refractivity contribution in [3.63, 3.8) is 0 Å². The third-order valence-corrected chi connectivity index (χ3v) is 8.18. The van der Waals surface area contributed by atoms with Crippen molar-refractivity contribution >= 4 is 45.0 Å². The summed E-state index contributed by atoms with van der Waals surface area (Å²) in [7, 11) is 3.32. The molecule has 2 aliphatic rings. The quantitative estimate of drug-likeness (QED) is 0.323. The first-order valence-electron chi connectivity index (χ1n) is 13.8. The standard InChI is InChI=1S/C31H30ClFN6O3/c1-37(21-11-13-39(19-21)25(40)10-5-12-38-14-16-42-17-15-38)30-23-18-34-28(27(33)29(23)35-31(36-30)41-2)22-8-3-6-20-7-4-9-24(32)26(20)22/h3-4,6-9,18,21H,11-17,19H2,1-2H3. The monoisotopic (exact) mass is 588 g/mol. The Kier molecular flexibility index (Phi) is 8.07. The second-order valence-electron chi connectivity index (χ2n) is 10.4. The van der Waals surface area contributed by atoms with Crippen LogP contribution in [-0.4, -0.2) is 96.8 Å². The molecular weight excluding hydrogens is 559 g/mol. The Bertz CT molecular complexity index is 1710. The number of halogens is 2. The van der Waals surface area contributed by atoms with E-state index in [0.29, 0.717) is 61.1 Å². The summed E-state index contributed by atoms with van der Waals surface area (Å²) < 4.78 is 26.9. The van der Waals surface area contributed by atoms with Crippen molar-refractivity contribution in [2.75, 3.05) is 65.0 Å². The Balaban J connectivity index is 1.28. The number of likely N-dealkylation sites (tertiary alicyclic amines) is 1. The van der Waals surface area contributed by atoms with Gasteiger partial charge >= 0.3 is 6.01 Å². The summed E-state index contributed by atoms with van der Waals surface area (Å²) in [5, 5.41) is 2.56. The van der Waals surface area contributed by atoms with Crippen LogP contribution >= 0.6 is 11.6 Å². The van der Waals surface area contributed by atoms with Crippen LogP contribution in [-0.2, 0) is 9.53 Å². The minimum absolute atomic E-state index is 0.0382. The fraction of sp³-hybridized carbons (Fsp3) is 0.355. The third-order valence-electron chi connectivity index (χ3n) is 7.87. The lowest BCUT2D eigenvalue weighted by Gasteiger charge is -2.27. The first-order chi connectivity index (χ1) is 20.4. The topological polar surface area (TPSA) is 83.9 Å². The molecule has 1 atom stereocenters. The number of aromatic nitrogens is 3. The molecule has 6 rings (SSSR count). The molecule has 42 heavy (non-hydrogen) atoms. The summed E-state index contributed by atoms with van der Waals surface area (Å²) in [6.45, 7) is 4.61. The highest BCUT2D eigenvalue weighted by Gasteiger charge is 2.31. The maximum absolute atomic E-state index is 16.2. The second kappa shape index (κ2) is 12.1. The van der Waals surface area contributed by atoms with Gasteiger partial charge in [-0.3, -0.25) is 14.7 Å². The number of amides is 1. The van der Waals surface area contributed by atoms with Crippen LogP contribution in [0.3, 0.4) is 0 Å². The zero-order chi connectivity index (χ0) is 29.2. The molecule has 9 nitrogen and oxygen atoms in total. The van der Waals surface area contributed by atoms with E-state index >= 15 is 4.39 Å².